The number of carbonyl (C=O) groups is 1. The predicted molar refractivity (Wildman–Crippen MR) is 235 cm³/mol. The molecule has 0 heterocycles. The summed E-state index contributed by atoms with van der Waals surface area (Å²) < 4.78 is 6.44. The normalized spacial score (nSPS) is 12.9. The highest BCUT2D eigenvalue weighted by molar-refractivity contribution is 5.89. The Labute approximate surface area is 336 Å². The van der Waals surface area contributed by atoms with E-state index in [1.54, 1.807) is 6.92 Å². The van der Waals surface area contributed by atoms with Crippen molar-refractivity contribution in [3.05, 3.63) is 201 Å². The number of rotatable bonds is 13. The van der Waals surface area contributed by atoms with Crippen molar-refractivity contribution in [3.8, 4) is 11.5 Å². The lowest BCUT2D eigenvalue weighted by molar-refractivity contribution is -0.130. The lowest BCUT2D eigenvalue weighted by Gasteiger charge is -2.34. The maximum Gasteiger partial charge on any atom is 0.338 e. The van der Waals surface area contributed by atoms with Crippen molar-refractivity contribution in [2.75, 3.05) is 0 Å². The van der Waals surface area contributed by atoms with Gasteiger partial charge in [-0.1, -0.05) is 195 Å². The van der Waals surface area contributed by atoms with Crippen molar-refractivity contribution in [2.24, 2.45) is 0 Å². The first-order valence-corrected chi connectivity index (χ1v) is 19.8. The highest BCUT2D eigenvalue weighted by Crippen LogP contribution is 2.47. The van der Waals surface area contributed by atoms with Gasteiger partial charge >= 0.3 is 5.97 Å². The Hall–Kier alpha value is -5.41. The van der Waals surface area contributed by atoms with Crippen molar-refractivity contribution in [3.63, 3.8) is 0 Å². The number of phenolic OH excluding ortho intramolecular Hbond substituents is 1. The molecule has 290 valence electrons. The molecular formula is C53H60O3. The molecule has 0 spiro atoms. The van der Waals surface area contributed by atoms with Crippen molar-refractivity contribution in [1.82, 2.24) is 0 Å². The zero-order valence-electron chi connectivity index (χ0n) is 35.4. The third-order valence-electron chi connectivity index (χ3n) is 11.9. The maximum absolute atomic E-state index is 13.6. The number of aromatic hydroxyl groups is 1. The molecule has 0 saturated carbocycles. The first-order chi connectivity index (χ1) is 26.4. The molecule has 0 atom stereocenters. The number of benzene rings is 5. The largest absolute Gasteiger partial charge is 0.507 e. The minimum atomic E-state index is -0.566. The highest BCUT2D eigenvalue weighted by Gasteiger charge is 2.36. The molecule has 0 unspecified atom stereocenters. The van der Waals surface area contributed by atoms with Crippen LogP contribution in [0.4, 0.5) is 0 Å². The summed E-state index contributed by atoms with van der Waals surface area (Å²) in [5.41, 5.74) is 8.42. The monoisotopic (exact) mass is 744 g/mol. The Bertz CT molecular complexity index is 2250. The van der Waals surface area contributed by atoms with Crippen LogP contribution in [0.15, 0.2) is 151 Å². The number of esters is 1. The summed E-state index contributed by atoms with van der Waals surface area (Å²) in [6, 6.07) is 40.1. The van der Waals surface area contributed by atoms with E-state index >= 15 is 0 Å². The molecule has 0 aromatic heterocycles. The molecule has 0 amide bonds. The lowest BCUT2D eigenvalue weighted by atomic mass is 9.70. The van der Waals surface area contributed by atoms with Crippen LogP contribution in [0.25, 0.3) is 0 Å². The SMILES string of the molecule is C=C(C)C(=O)Oc1c(Cc2cc(C(C)(C)c3ccccc3)cc(C(C)(C)C(/C=C\C)=C/C)c2O)cc(C(C)(C)c2ccccc2)cc1C(C)(C)c1ccccc1. The molecule has 5 aromatic rings. The average Bonchev–Trinajstić information content (AvgIpc) is 3.18. The van der Waals surface area contributed by atoms with Crippen LogP contribution in [-0.2, 0) is 32.9 Å². The fraction of sp³-hybridized carbons (Fsp3) is 0.302. The quantitative estimate of drug-likeness (QED) is 0.0565. The maximum atomic E-state index is 13.6. The third-order valence-corrected chi connectivity index (χ3v) is 11.9. The standard InChI is InChI=1S/C53H60O3/c1-13-24-39(14-2)52(9,10)45-34-43(50(5,6)40-25-18-15-19-26-40)32-37(47(45)54)31-38-33-44(51(7,8)41-27-20-16-21-28-41)35-46(48(38)56-49(55)36(3)4)53(11,12)42-29-22-17-23-30-42/h13-30,32-35,54H,3,31H2,1-2,4-12H3/b24-13-,39-14+. The summed E-state index contributed by atoms with van der Waals surface area (Å²) in [6.45, 7) is 27.3. The van der Waals surface area contributed by atoms with E-state index in [0.29, 0.717) is 17.7 Å². The van der Waals surface area contributed by atoms with Crippen molar-refractivity contribution in [1.29, 1.82) is 0 Å². The van der Waals surface area contributed by atoms with Gasteiger partial charge in [-0.25, -0.2) is 4.79 Å². The second-order valence-electron chi connectivity index (χ2n) is 17.2. The van der Waals surface area contributed by atoms with Gasteiger partial charge in [-0.15, -0.1) is 0 Å². The Balaban J connectivity index is 1.88. The van der Waals surface area contributed by atoms with Gasteiger partial charge in [-0.3, -0.25) is 0 Å². The molecule has 0 aliphatic carbocycles. The molecule has 0 radical (unpaired) electrons. The Kier molecular flexibility index (Phi) is 12.2. The van der Waals surface area contributed by atoms with Crippen molar-refractivity contribution >= 4 is 5.97 Å². The van der Waals surface area contributed by atoms with Crippen LogP contribution in [0.1, 0.15) is 126 Å². The van der Waals surface area contributed by atoms with Crippen LogP contribution in [0.2, 0.25) is 0 Å². The molecule has 1 N–H and O–H groups in total. The summed E-state index contributed by atoms with van der Waals surface area (Å²) in [5, 5.41) is 12.6. The van der Waals surface area contributed by atoms with Crippen LogP contribution >= 0.6 is 0 Å². The van der Waals surface area contributed by atoms with E-state index in [1.807, 2.05) is 50.3 Å². The molecular weight excluding hydrogens is 685 g/mol. The fourth-order valence-electron chi connectivity index (χ4n) is 7.87. The van der Waals surface area contributed by atoms with Gasteiger partial charge in [0.1, 0.15) is 11.5 Å². The molecule has 0 aliphatic rings. The van der Waals surface area contributed by atoms with E-state index in [9.17, 15) is 9.90 Å². The average molecular weight is 745 g/mol. The van der Waals surface area contributed by atoms with Crippen molar-refractivity contribution in [2.45, 2.75) is 104 Å². The van der Waals surface area contributed by atoms with Crippen LogP contribution in [0.3, 0.4) is 0 Å². The molecule has 5 aromatic carbocycles. The summed E-state index contributed by atoms with van der Waals surface area (Å²) in [6.07, 6.45) is 6.61. The first kappa shape index (κ1) is 41.7. The van der Waals surface area contributed by atoms with E-state index in [-0.39, 0.29) is 5.75 Å². The summed E-state index contributed by atoms with van der Waals surface area (Å²) in [7, 11) is 0. The predicted octanol–water partition coefficient (Wildman–Crippen LogP) is 13.2. The summed E-state index contributed by atoms with van der Waals surface area (Å²) in [5.74, 6) is 0.246. The highest BCUT2D eigenvalue weighted by atomic mass is 16.5. The zero-order chi connectivity index (χ0) is 41.1. The molecule has 3 nitrogen and oxygen atoms in total. The smallest absolute Gasteiger partial charge is 0.338 e. The topological polar surface area (TPSA) is 46.5 Å². The Morgan fingerprint density at radius 1 is 0.625 bits per heavy atom. The number of ether oxygens (including phenoxy) is 1. The third kappa shape index (κ3) is 8.24. The van der Waals surface area contributed by atoms with E-state index in [2.05, 4.69) is 159 Å². The van der Waals surface area contributed by atoms with Gasteiger partial charge in [0.2, 0.25) is 0 Å². The minimum Gasteiger partial charge on any atom is -0.507 e. The van der Waals surface area contributed by atoms with Gasteiger partial charge in [0.05, 0.1) is 0 Å². The van der Waals surface area contributed by atoms with Crippen molar-refractivity contribution < 1.29 is 14.6 Å². The van der Waals surface area contributed by atoms with E-state index in [1.165, 1.54) is 11.1 Å². The van der Waals surface area contributed by atoms with Gasteiger partial charge in [-0.05, 0) is 59.7 Å². The van der Waals surface area contributed by atoms with Gasteiger partial charge in [0.15, 0.2) is 0 Å². The molecule has 0 fully saturated rings. The van der Waals surface area contributed by atoms with Crippen LogP contribution in [-0.4, -0.2) is 11.1 Å². The molecule has 5 rings (SSSR count). The van der Waals surface area contributed by atoms with Gasteiger partial charge in [0.25, 0.3) is 0 Å². The number of allylic oxidation sites excluding steroid dienone is 4. The summed E-state index contributed by atoms with van der Waals surface area (Å²) >= 11 is 0. The molecule has 0 bridgehead atoms. The molecule has 56 heavy (non-hydrogen) atoms. The summed E-state index contributed by atoms with van der Waals surface area (Å²) in [4.78, 5) is 13.6. The lowest BCUT2D eigenvalue weighted by Crippen LogP contribution is -2.26. The number of carbonyl (C=O) groups excluding carboxylic acids is 1. The van der Waals surface area contributed by atoms with Crippen LogP contribution in [0.5, 0.6) is 11.5 Å². The fourth-order valence-corrected chi connectivity index (χ4v) is 7.87. The van der Waals surface area contributed by atoms with Crippen LogP contribution in [0, 0.1) is 0 Å². The van der Waals surface area contributed by atoms with Gasteiger partial charge < -0.3 is 9.84 Å². The van der Waals surface area contributed by atoms with Gasteiger partial charge in [-0.2, -0.15) is 0 Å². The number of phenols is 1. The number of hydrogen-bond acceptors (Lipinski definition) is 3. The molecule has 3 heteroatoms. The van der Waals surface area contributed by atoms with Crippen LogP contribution < -0.4 is 4.74 Å². The zero-order valence-corrected chi connectivity index (χ0v) is 35.4. The van der Waals surface area contributed by atoms with E-state index < -0.39 is 27.6 Å². The Morgan fingerprint density at radius 2 is 1.05 bits per heavy atom. The Morgan fingerprint density at radius 3 is 1.48 bits per heavy atom. The number of hydrogen-bond donors (Lipinski definition) is 1. The molecule has 0 saturated heterocycles. The second kappa shape index (κ2) is 16.4. The van der Waals surface area contributed by atoms with E-state index in [4.69, 9.17) is 4.74 Å². The second-order valence-corrected chi connectivity index (χ2v) is 17.2. The van der Waals surface area contributed by atoms with Gasteiger partial charge in [0, 0.05) is 50.3 Å². The van der Waals surface area contributed by atoms with E-state index in [0.717, 1.165) is 44.5 Å². The minimum absolute atomic E-state index is 0.236. The molecule has 0 aliphatic heterocycles. The first-order valence-electron chi connectivity index (χ1n) is 19.8.